The number of furan rings is 1. The summed E-state index contributed by atoms with van der Waals surface area (Å²) in [5.74, 6) is 0. The SMILES string of the molecule is [2H]c1c([2H])c([2H])c(-c2c([2H])c([2H])c(N(c3c([2H])c([2H])c(-c4c([2H])c([2H])c([2H])c(C)c4C)c(C)c3[2H])c3c([2H])c([2H])c4oc5c6c([2H])c([2H])c([2H])c(C)c6c(-c6c([2H])c([2H])c(C(C([2H])([2H])[2H])(C([2H])([2H])[2H])C([2H])([2H])[2H])c([2H])c6[2H])c([2H])c5c4c3[2H])c([2H])c2[2H])c([2H])c1[2H]. The van der Waals surface area contributed by atoms with Gasteiger partial charge in [0.05, 0.1) is 35.6 Å². The molecular weight excluding hydrogens is 679 g/mol. The molecule has 0 saturated heterocycles. The summed E-state index contributed by atoms with van der Waals surface area (Å²) in [6.45, 7) is -7.09. The van der Waals surface area contributed by atoms with Crippen molar-refractivity contribution in [1.29, 1.82) is 0 Å². The van der Waals surface area contributed by atoms with Gasteiger partial charge in [-0.25, -0.2) is 0 Å². The van der Waals surface area contributed by atoms with Gasteiger partial charge in [-0.05, 0) is 148 Å². The normalized spacial score (nSPS) is 21.4. The van der Waals surface area contributed by atoms with E-state index >= 15 is 0 Å². The number of hydrogen-bond donors (Lipinski definition) is 0. The maximum Gasteiger partial charge on any atom is 0.143 e. The van der Waals surface area contributed by atoms with Gasteiger partial charge in [0.2, 0.25) is 0 Å². The van der Waals surface area contributed by atoms with Crippen molar-refractivity contribution in [3.8, 4) is 33.4 Å². The first kappa shape index (κ1) is 13.7. The van der Waals surface area contributed by atoms with Crippen molar-refractivity contribution in [3.05, 3.63) is 185 Å². The second-order valence-corrected chi connectivity index (χ2v) is 12.8. The molecule has 0 bridgehead atoms. The second kappa shape index (κ2) is 13.7. The van der Waals surface area contributed by atoms with Gasteiger partial charge in [-0.3, -0.25) is 0 Å². The molecule has 56 heavy (non-hydrogen) atoms. The largest absolute Gasteiger partial charge is 0.455 e. The Bertz CT molecular complexity index is 4460. The van der Waals surface area contributed by atoms with E-state index < -0.39 is 255 Å². The number of nitrogens with zero attached hydrogens (tertiary/aromatic N) is 1. The lowest BCUT2D eigenvalue weighted by Gasteiger charge is -2.27. The van der Waals surface area contributed by atoms with Gasteiger partial charge in [-0.15, -0.1) is 0 Å². The molecule has 1 heterocycles. The van der Waals surface area contributed by atoms with Gasteiger partial charge in [-0.2, -0.15) is 0 Å². The van der Waals surface area contributed by atoms with Gasteiger partial charge in [0, 0.05) is 45.6 Å². The molecule has 274 valence electrons. The van der Waals surface area contributed by atoms with Crippen molar-refractivity contribution in [2.24, 2.45) is 0 Å². The molecule has 8 aromatic carbocycles. The van der Waals surface area contributed by atoms with Gasteiger partial charge in [0.15, 0.2) is 0 Å². The Labute approximate surface area is 379 Å². The highest BCUT2D eigenvalue weighted by molar-refractivity contribution is 6.20. The minimum Gasteiger partial charge on any atom is -0.455 e. The topological polar surface area (TPSA) is 16.4 Å². The van der Waals surface area contributed by atoms with Crippen molar-refractivity contribution in [3.63, 3.8) is 0 Å². The van der Waals surface area contributed by atoms with Gasteiger partial charge in [0.1, 0.15) is 11.2 Å². The smallest absolute Gasteiger partial charge is 0.143 e. The van der Waals surface area contributed by atoms with Gasteiger partial charge < -0.3 is 9.32 Å². The zero-order chi connectivity index (χ0) is 68.8. The zero-order valence-corrected chi connectivity index (χ0v) is 29.9. The molecule has 0 aliphatic carbocycles. The molecule has 0 N–H and O–H groups in total. The van der Waals surface area contributed by atoms with Crippen molar-refractivity contribution in [2.45, 2.75) is 53.7 Å². The van der Waals surface area contributed by atoms with Crippen LogP contribution in [0.1, 0.15) is 96.3 Å². The molecule has 0 aliphatic heterocycles. The molecule has 2 heteroatoms. The van der Waals surface area contributed by atoms with E-state index in [0.717, 1.165) is 0 Å². The van der Waals surface area contributed by atoms with Crippen LogP contribution < -0.4 is 4.90 Å². The van der Waals surface area contributed by atoms with Gasteiger partial charge in [0.25, 0.3) is 0 Å². The molecule has 0 amide bonds. The Morgan fingerprint density at radius 1 is 0.482 bits per heavy atom. The zero-order valence-electron chi connectivity index (χ0n) is 64.9. The molecule has 0 radical (unpaired) electrons. The second-order valence-electron chi connectivity index (χ2n) is 12.8. The van der Waals surface area contributed by atoms with E-state index in [9.17, 15) is 21.9 Å². The predicted octanol–water partition coefficient (Wildman–Crippen LogP) is 15.7. The summed E-state index contributed by atoms with van der Waals surface area (Å²) in [6.07, 6.45) is 0. The number of hydrogen-bond acceptors (Lipinski definition) is 2. The Balaban J connectivity index is 1.54. The standard InChI is InChI=1S/C54H47NO/c1-34-13-11-17-46(37(34)4)45-29-27-43(31-36(45)3)55(42-25-21-39(22-26-42)38-15-9-8-10-16-38)44-28-30-51-49(32-44)50-33-48(40-19-23-41(24-20-40)54(5,6)7)52-35(2)14-12-18-47(52)53(50)56-51/h8-33H,1-7H3/i5D3,6D3,7D3,8D,9D,10D,11D,12D,13D,14D,15D,16D,17D,18D,19D,20D,21D,22D,23D,24D,25D,26D,27D,28D,29D,30D,31D,32D,33D. The van der Waals surface area contributed by atoms with Crippen LogP contribution in [0.25, 0.3) is 66.1 Å². The van der Waals surface area contributed by atoms with Gasteiger partial charge in [-0.1, -0.05) is 129 Å². The molecule has 0 atom stereocenters. The maximum absolute atomic E-state index is 10.2. The number of anilines is 3. The van der Waals surface area contributed by atoms with E-state index in [0.29, 0.717) is 4.90 Å². The summed E-state index contributed by atoms with van der Waals surface area (Å²) in [7, 11) is 0. The molecule has 2 nitrogen and oxygen atoms in total. The Morgan fingerprint density at radius 2 is 1.14 bits per heavy atom. The summed E-state index contributed by atoms with van der Waals surface area (Å²) in [4.78, 5) is 0.462. The van der Waals surface area contributed by atoms with E-state index in [1.807, 2.05) is 0 Å². The molecule has 0 unspecified atom stereocenters. The molecule has 9 aromatic rings. The van der Waals surface area contributed by atoms with Crippen LogP contribution in [0.15, 0.2) is 162 Å². The van der Waals surface area contributed by atoms with Gasteiger partial charge >= 0.3 is 0 Å². The summed E-state index contributed by atoms with van der Waals surface area (Å²) in [5.41, 5.74) is -14.8. The minimum absolute atomic E-state index is 0.173. The summed E-state index contributed by atoms with van der Waals surface area (Å²) >= 11 is 0. The molecule has 1 aromatic heterocycles. The van der Waals surface area contributed by atoms with Crippen LogP contribution in [-0.2, 0) is 5.41 Å². The average molecular weight is 761 g/mol. The quantitative estimate of drug-likeness (QED) is 0.168. The van der Waals surface area contributed by atoms with E-state index in [2.05, 4.69) is 0 Å². The third kappa shape index (κ3) is 6.16. The fraction of sp³-hybridized carbons (Fsp3) is 0.148. The first-order chi connectivity index (χ1) is 41.7. The number of aryl methyl sites for hydroxylation is 1. The molecule has 0 aliphatic rings. The van der Waals surface area contributed by atoms with E-state index in [4.69, 9.17) is 30.5 Å². The minimum atomic E-state index is -4.14. The van der Waals surface area contributed by atoms with Crippen LogP contribution in [0.5, 0.6) is 0 Å². The maximum atomic E-state index is 10.2. The lowest BCUT2D eigenvalue weighted by atomic mass is 9.85. The van der Waals surface area contributed by atoms with E-state index in [1.165, 1.54) is 27.7 Å². The van der Waals surface area contributed by atoms with Crippen molar-refractivity contribution >= 4 is 49.8 Å². The summed E-state index contributed by atoms with van der Waals surface area (Å²) in [6, 6.07) is -26.8. The average Bonchev–Trinajstić information content (AvgIpc) is 1.63. The van der Waals surface area contributed by atoms with E-state index in [1.54, 1.807) is 0 Å². The molecule has 0 fully saturated rings. The predicted molar refractivity (Wildman–Crippen MR) is 240 cm³/mol. The summed E-state index contributed by atoms with van der Waals surface area (Å²) in [5, 5.41) is -2.69. The number of rotatable bonds is 6. The van der Waals surface area contributed by atoms with Crippen LogP contribution in [-0.4, -0.2) is 0 Å². The van der Waals surface area contributed by atoms with Crippen molar-refractivity contribution in [2.75, 3.05) is 4.90 Å². The molecule has 0 saturated carbocycles. The Kier molecular flexibility index (Phi) is 3.35. The van der Waals surface area contributed by atoms with Crippen molar-refractivity contribution < 1.29 is 52.4 Å². The fourth-order valence-corrected chi connectivity index (χ4v) is 6.21. The van der Waals surface area contributed by atoms with Crippen molar-refractivity contribution in [1.82, 2.24) is 0 Å². The third-order valence-corrected chi connectivity index (χ3v) is 9.13. The molecule has 9 rings (SSSR count). The third-order valence-electron chi connectivity index (χ3n) is 9.13. The van der Waals surface area contributed by atoms with Crippen LogP contribution in [0, 0.1) is 27.7 Å². The monoisotopic (exact) mass is 761 g/mol. The number of benzene rings is 8. The van der Waals surface area contributed by atoms with Crippen LogP contribution in [0.2, 0.25) is 0 Å². The first-order valence-corrected chi connectivity index (χ1v) is 16.8. The molecule has 0 spiro atoms. The highest BCUT2D eigenvalue weighted by atomic mass is 16.3. The lowest BCUT2D eigenvalue weighted by molar-refractivity contribution is 0.590. The lowest BCUT2D eigenvalue weighted by Crippen LogP contribution is -2.10. The van der Waals surface area contributed by atoms with E-state index in [-0.39, 0.29) is 39.4 Å². The first-order valence-electron chi connectivity index (χ1n) is 34.3. The number of fused-ring (bicyclic) bond motifs is 5. The Hall–Kier alpha value is -6.38. The summed E-state index contributed by atoms with van der Waals surface area (Å²) < 4.78 is 321. The highest BCUT2D eigenvalue weighted by Gasteiger charge is 2.21. The molecular formula is C54H47NO. The fourth-order valence-electron chi connectivity index (χ4n) is 6.21. The Morgan fingerprint density at radius 3 is 1.91 bits per heavy atom. The van der Waals surface area contributed by atoms with Crippen LogP contribution in [0.4, 0.5) is 17.1 Å². The van der Waals surface area contributed by atoms with Crippen LogP contribution >= 0.6 is 0 Å². The van der Waals surface area contributed by atoms with Crippen LogP contribution in [0.3, 0.4) is 0 Å². The highest BCUT2D eigenvalue weighted by Crippen LogP contribution is 2.45.